The van der Waals surface area contributed by atoms with Gasteiger partial charge in [0, 0.05) is 41.9 Å². The van der Waals surface area contributed by atoms with Crippen molar-refractivity contribution in [2.75, 3.05) is 13.2 Å². The van der Waals surface area contributed by atoms with Crippen LogP contribution >= 0.6 is 11.3 Å². The number of aliphatic hydroxyl groups excluding tert-OH is 1. The highest BCUT2D eigenvalue weighted by atomic mass is 32.1. The van der Waals surface area contributed by atoms with Gasteiger partial charge in [0.05, 0.1) is 18.8 Å². The van der Waals surface area contributed by atoms with Crippen LogP contribution < -0.4 is 15.4 Å². The Balaban J connectivity index is 1.41. The average Bonchev–Trinajstić information content (AvgIpc) is 3.60. The second kappa shape index (κ2) is 15.7. The summed E-state index contributed by atoms with van der Waals surface area (Å²) < 4.78 is 33.9. The molecule has 0 bridgehead atoms. The first-order valence-electron chi connectivity index (χ1n) is 15.3. The molecule has 1 amide bonds. The zero-order chi connectivity index (χ0) is 32.5. The van der Waals surface area contributed by atoms with Crippen LogP contribution in [0.1, 0.15) is 40.9 Å². The number of nitrogens with one attached hydrogen (secondary N) is 2. The van der Waals surface area contributed by atoms with Gasteiger partial charge in [-0.3, -0.25) is 4.79 Å². The number of aryl methyl sites for hydroxylation is 1. The molecule has 0 aliphatic heterocycles. The second-order valence-electron chi connectivity index (χ2n) is 11.0. The number of amides is 1. The van der Waals surface area contributed by atoms with Crippen molar-refractivity contribution in [3.05, 3.63) is 130 Å². The maximum atomic E-state index is 14.1. The molecule has 2 atom stereocenters. The van der Waals surface area contributed by atoms with Gasteiger partial charge in [-0.1, -0.05) is 43.3 Å². The van der Waals surface area contributed by atoms with Crippen LogP contribution in [-0.4, -0.2) is 41.3 Å². The van der Waals surface area contributed by atoms with Crippen LogP contribution in [0.3, 0.4) is 0 Å². The van der Waals surface area contributed by atoms with Gasteiger partial charge in [-0.2, -0.15) is 0 Å². The quantitative estimate of drug-likeness (QED) is 0.119. The monoisotopic (exact) mass is 641 g/mol. The second-order valence-corrected chi connectivity index (χ2v) is 11.9. The first-order chi connectivity index (χ1) is 22.3. The Hall–Kier alpha value is -4.44. The molecular formula is C37H37F2N3O3S. The van der Waals surface area contributed by atoms with E-state index in [4.69, 9.17) is 4.74 Å². The Bertz CT molecular complexity index is 1740. The molecule has 1 aromatic heterocycles. The highest BCUT2D eigenvalue weighted by Gasteiger charge is 2.24. The molecule has 5 rings (SSSR count). The number of aliphatic hydroxyl groups is 1. The Kier molecular flexibility index (Phi) is 11.3. The normalized spacial score (nSPS) is 12.5. The maximum absolute atomic E-state index is 14.1. The molecule has 0 aliphatic rings. The van der Waals surface area contributed by atoms with E-state index in [-0.39, 0.29) is 13.0 Å². The summed E-state index contributed by atoms with van der Waals surface area (Å²) in [5.41, 5.74) is 5.38. The molecule has 9 heteroatoms. The van der Waals surface area contributed by atoms with Crippen LogP contribution in [0.2, 0.25) is 0 Å². The summed E-state index contributed by atoms with van der Waals surface area (Å²) >= 11 is 1.46. The van der Waals surface area contributed by atoms with E-state index < -0.39 is 29.7 Å². The van der Waals surface area contributed by atoms with Gasteiger partial charge < -0.3 is 20.5 Å². The molecule has 0 aliphatic carbocycles. The van der Waals surface area contributed by atoms with Crippen LogP contribution in [0.25, 0.3) is 21.7 Å². The Morgan fingerprint density at radius 1 is 0.891 bits per heavy atom. The molecule has 0 unspecified atom stereocenters. The molecule has 5 aromatic rings. The minimum Gasteiger partial charge on any atom is -0.494 e. The van der Waals surface area contributed by atoms with Crippen molar-refractivity contribution in [1.29, 1.82) is 0 Å². The van der Waals surface area contributed by atoms with Gasteiger partial charge in [0.2, 0.25) is 0 Å². The number of halogens is 2. The number of thiazole rings is 1. The van der Waals surface area contributed by atoms with Gasteiger partial charge in [-0.15, -0.1) is 11.3 Å². The lowest BCUT2D eigenvalue weighted by Crippen LogP contribution is -2.48. The third-order valence-corrected chi connectivity index (χ3v) is 8.42. The van der Waals surface area contributed by atoms with E-state index in [0.717, 1.165) is 39.7 Å². The first-order valence-corrected chi connectivity index (χ1v) is 16.2. The van der Waals surface area contributed by atoms with Crippen molar-refractivity contribution >= 4 is 17.2 Å². The number of carbonyl (C=O) groups excluding carboxylic acids is 1. The first kappa shape index (κ1) is 32.9. The lowest BCUT2D eigenvalue weighted by molar-refractivity contribution is 0.0830. The van der Waals surface area contributed by atoms with E-state index in [2.05, 4.69) is 34.7 Å². The summed E-state index contributed by atoms with van der Waals surface area (Å²) in [4.78, 5) is 18.3. The zero-order valence-electron chi connectivity index (χ0n) is 25.8. The van der Waals surface area contributed by atoms with E-state index in [0.29, 0.717) is 30.0 Å². The molecule has 238 valence electrons. The number of rotatable bonds is 14. The van der Waals surface area contributed by atoms with Crippen molar-refractivity contribution < 1.29 is 23.4 Å². The van der Waals surface area contributed by atoms with Crippen molar-refractivity contribution in [1.82, 2.24) is 15.6 Å². The fourth-order valence-electron chi connectivity index (χ4n) is 5.33. The summed E-state index contributed by atoms with van der Waals surface area (Å²) in [6, 6.07) is 23.7. The van der Waals surface area contributed by atoms with Crippen LogP contribution in [0.5, 0.6) is 5.75 Å². The summed E-state index contributed by atoms with van der Waals surface area (Å²) in [6.45, 7) is 5.19. The van der Waals surface area contributed by atoms with E-state index in [1.165, 1.54) is 29.0 Å². The predicted molar refractivity (Wildman–Crippen MR) is 179 cm³/mol. The minimum absolute atomic E-state index is 0.0179. The summed E-state index contributed by atoms with van der Waals surface area (Å²) in [5.74, 6) is -1.17. The smallest absolute Gasteiger partial charge is 0.251 e. The number of ether oxygens (including phenoxy) is 1. The number of carbonyl (C=O) groups is 1. The molecule has 0 saturated heterocycles. The van der Waals surface area contributed by atoms with Gasteiger partial charge in [0.25, 0.3) is 5.91 Å². The Morgan fingerprint density at radius 3 is 2.39 bits per heavy atom. The molecule has 0 saturated carbocycles. The van der Waals surface area contributed by atoms with E-state index in [9.17, 15) is 18.7 Å². The molecular weight excluding hydrogens is 604 g/mol. The Morgan fingerprint density at radius 2 is 1.65 bits per heavy atom. The van der Waals surface area contributed by atoms with Crippen LogP contribution in [0.15, 0.2) is 96.5 Å². The number of hydrogen-bond donors (Lipinski definition) is 3. The fraction of sp³-hybridized carbons (Fsp3) is 0.243. The van der Waals surface area contributed by atoms with Crippen LogP contribution in [0.4, 0.5) is 8.78 Å². The van der Waals surface area contributed by atoms with Gasteiger partial charge >= 0.3 is 0 Å². The van der Waals surface area contributed by atoms with E-state index >= 15 is 0 Å². The standard InChI is InChI=1S/C37H37F2N3O3S/c1-3-24-7-5-8-25(13-24)22-40-23-35(43)34(16-26-14-31(38)21-32(39)15-26)42-36(44)29-17-28(18-30(19-29)37-41-11-12-46-37)27-9-6-10-33(20-27)45-4-2/h5-15,17-21,34-35,40,43H,3-4,16,22-23H2,1-2H3,(H,42,44)/t34-,35+/m0/s1. The number of hydrogen-bond acceptors (Lipinski definition) is 6. The Labute approximate surface area is 272 Å². The van der Waals surface area contributed by atoms with Crippen molar-refractivity contribution in [3.63, 3.8) is 0 Å². The van der Waals surface area contributed by atoms with Crippen LogP contribution in [0, 0.1) is 11.6 Å². The molecule has 6 nitrogen and oxygen atoms in total. The summed E-state index contributed by atoms with van der Waals surface area (Å²) in [7, 11) is 0. The van der Waals surface area contributed by atoms with Gasteiger partial charge in [-0.05, 0) is 90.0 Å². The topological polar surface area (TPSA) is 83.5 Å². The number of nitrogens with zero attached hydrogens (tertiary/aromatic N) is 1. The van der Waals surface area contributed by atoms with Crippen molar-refractivity contribution in [2.45, 2.75) is 45.4 Å². The minimum atomic E-state index is -1.06. The number of aromatic nitrogens is 1. The van der Waals surface area contributed by atoms with Crippen molar-refractivity contribution in [3.8, 4) is 27.4 Å². The van der Waals surface area contributed by atoms with Gasteiger partial charge in [-0.25, -0.2) is 13.8 Å². The van der Waals surface area contributed by atoms with Gasteiger partial charge in [0.15, 0.2) is 0 Å². The fourth-order valence-corrected chi connectivity index (χ4v) is 5.96. The molecule has 4 aromatic carbocycles. The number of benzene rings is 4. The SMILES string of the molecule is CCOc1cccc(-c2cc(C(=O)N[C@@H](Cc3cc(F)cc(F)c3)[C@H](O)CNCc3cccc(CC)c3)cc(-c3nccs3)c2)c1. The third-order valence-electron chi connectivity index (χ3n) is 7.59. The highest BCUT2D eigenvalue weighted by molar-refractivity contribution is 7.13. The predicted octanol–water partition coefficient (Wildman–Crippen LogP) is 7.21. The molecule has 1 heterocycles. The molecule has 0 radical (unpaired) electrons. The molecule has 0 spiro atoms. The molecule has 46 heavy (non-hydrogen) atoms. The summed E-state index contributed by atoms with van der Waals surface area (Å²) in [6.07, 6.45) is 1.58. The van der Waals surface area contributed by atoms with Gasteiger partial charge in [0.1, 0.15) is 22.4 Å². The zero-order valence-corrected chi connectivity index (χ0v) is 26.6. The highest BCUT2D eigenvalue weighted by Crippen LogP contribution is 2.31. The summed E-state index contributed by atoms with van der Waals surface area (Å²) in [5, 5.41) is 20.1. The molecule has 3 N–H and O–H groups in total. The maximum Gasteiger partial charge on any atom is 0.251 e. The third kappa shape index (κ3) is 8.84. The largest absolute Gasteiger partial charge is 0.494 e. The molecule has 0 fully saturated rings. The van der Waals surface area contributed by atoms with Crippen LogP contribution in [-0.2, 0) is 19.4 Å². The van der Waals surface area contributed by atoms with Crippen molar-refractivity contribution in [2.24, 2.45) is 0 Å². The van der Waals surface area contributed by atoms with E-state index in [1.807, 2.05) is 54.8 Å². The lowest BCUT2D eigenvalue weighted by atomic mass is 9.97. The lowest BCUT2D eigenvalue weighted by Gasteiger charge is -2.25. The average molecular weight is 642 g/mol. The van der Waals surface area contributed by atoms with E-state index in [1.54, 1.807) is 18.3 Å².